The Bertz CT molecular complexity index is 410. The molecule has 21 heavy (non-hydrogen) atoms. The molecule has 3 heteroatoms. The Morgan fingerprint density at radius 2 is 1.95 bits per heavy atom. The summed E-state index contributed by atoms with van der Waals surface area (Å²) in [6, 6.07) is 8.91. The van der Waals surface area contributed by atoms with Crippen LogP contribution in [0, 0.1) is 0 Å². The van der Waals surface area contributed by atoms with Gasteiger partial charge in [-0.1, -0.05) is 31.2 Å². The molecule has 1 aromatic rings. The lowest BCUT2D eigenvalue weighted by Gasteiger charge is -2.32. The lowest BCUT2D eigenvalue weighted by atomic mass is 10.1. The van der Waals surface area contributed by atoms with Crippen LogP contribution in [0.25, 0.3) is 0 Å². The van der Waals surface area contributed by atoms with Gasteiger partial charge in [-0.25, -0.2) is 0 Å². The quantitative estimate of drug-likeness (QED) is 0.743. The monoisotopic (exact) mass is 288 g/mol. The molecule has 1 aliphatic rings. The first-order valence-corrected chi connectivity index (χ1v) is 8.07. The summed E-state index contributed by atoms with van der Waals surface area (Å²) in [5, 5.41) is 3.56. The Morgan fingerprint density at radius 3 is 2.62 bits per heavy atom. The highest BCUT2D eigenvalue weighted by molar-refractivity contribution is 5.27. The molecule has 1 atom stereocenters. The molecule has 0 radical (unpaired) electrons. The molecule has 0 spiro atoms. The average molecular weight is 288 g/mol. The first-order chi connectivity index (χ1) is 10.3. The van der Waals surface area contributed by atoms with Crippen molar-refractivity contribution in [2.45, 2.75) is 38.8 Å². The fourth-order valence-electron chi connectivity index (χ4n) is 2.77. The predicted octanol–water partition coefficient (Wildman–Crippen LogP) is 3.22. The van der Waals surface area contributed by atoms with Crippen molar-refractivity contribution >= 4 is 0 Å². The van der Waals surface area contributed by atoms with E-state index in [0.717, 1.165) is 18.8 Å². The summed E-state index contributed by atoms with van der Waals surface area (Å²) in [6.07, 6.45) is 5.88. The normalized spacial score (nSPS) is 17.4. The minimum absolute atomic E-state index is 0.560. The van der Waals surface area contributed by atoms with Crippen LogP contribution in [0.15, 0.2) is 36.9 Å². The molecule has 0 aromatic heterocycles. The van der Waals surface area contributed by atoms with Crippen molar-refractivity contribution in [1.82, 2.24) is 10.2 Å². The van der Waals surface area contributed by atoms with Crippen molar-refractivity contribution in [2.75, 3.05) is 26.2 Å². The van der Waals surface area contributed by atoms with Gasteiger partial charge in [0.25, 0.3) is 0 Å². The average Bonchev–Trinajstić information content (AvgIpc) is 2.55. The topological polar surface area (TPSA) is 24.5 Å². The van der Waals surface area contributed by atoms with Gasteiger partial charge in [0.1, 0.15) is 12.4 Å². The van der Waals surface area contributed by atoms with E-state index in [0.29, 0.717) is 12.6 Å². The number of hydrogen-bond donors (Lipinski definition) is 1. The molecule has 0 aliphatic carbocycles. The van der Waals surface area contributed by atoms with Crippen LogP contribution in [0.2, 0.25) is 0 Å². The SMILES string of the molecule is C=CCOc1ccc(CNCC(C)N2CCCCC2)cc1. The van der Waals surface area contributed by atoms with Gasteiger partial charge < -0.3 is 10.1 Å². The van der Waals surface area contributed by atoms with Crippen molar-refractivity contribution in [3.63, 3.8) is 0 Å². The molecule has 1 fully saturated rings. The maximum absolute atomic E-state index is 5.49. The fraction of sp³-hybridized carbons (Fsp3) is 0.556. The van der Waals surface area contributed by atoms with E-state index in [4.69, 9.17) is 4.74 Å². The highest BCUT2D eigenvalue weighted by Gasteiger charge is 2.15. The number of rotatable bonds is 8. The Morgan fingerprint density at radius 1 is 1.24 bits per heavy atom. The molecule has 0 saturated carbocycles. The molecule has 0 bridgehead atoms. The van der Waals surface area contributed by atoms with Crippen LogP contribution in [0.4, 0.5) is 0 Å². The maximum atomic E-state index is 5.49. The van der Waals surface area contributed by atoms with Gasteiger partial charge in [0, 0.05) is 19.1 Å². The second-order valence-electron chi connectivity index (χ2n) is 5.82. The summed E-state index contributed by atoms with van der Waals surface area (Å²) >= 11 is 0. The van der Waals surface area contributed by atoms with Crippen molar-refractivity contribution in [3.05, 3.63) is 42.5 Å². The van der Waals surface area contributed by atoms with Gasteiger partial charge in [0.2, 0.25) is 0 Å². The van der Waals surface area contributed by atoms with Crippen LogP contribution in [-0.4, -0.2) is 37.2 Å². The zero-order chi connectivity index (χ0) is 14.9. The highest BCUT2D eigenvalue weighted by atomic mass is 16.5. The molecule has 1 saturated heterocycles. The molecular weight excluding hydrogens is 260 g/mol. The van der Waals surface area contributed by atoms with E-state index in [2.05, 4.69) is 35.9 Å². The molecule has 1 N–H and O–H groups in total. The summed E-state index contributed by atoms with van der Waals surface area (Å²) in [7, 11) is 0. The second kappa shape index (κ2) is 8.85. The fourth-order valence-corrected chi connectivity index (χ4v) is 2.77. The molecule has 3 nitrogen and oxygen atoms in total. The first-order valence-electron chi connectivity index (χ1n) is 8.07. The van der Waals surface area contributed by atoms with Crippen LogP contribution >= 0.6 is 0 Å². The zero-order valence-electron chi connectivity index (χ0n) is 13.2. The summed E-state index contributed by atoms with van der Waals surface area (Å²) in [5.74, 6) is 0.903. The summed E-state index contributed by atoms with van der Waals surface area (Å²) < 4.78 is 5.49. The molecule has 2 rings (SSSR count). The Hall–Kier alpha value is -1.32. The van der Waals surface area contributed by atoms with Crippen molar-refractivity contribution in [3.8, 4) is 5.75 Å². The lowest BCUT2D eigenvalue weighted by molar-refractivity contribution is 0.170. The zero-order valence-corrected chi connectivity index (χ0v) is 13.2. The Labute approximate surface area is 129 Å². The lowest BCUT2D eigenvalue weighted by Crippen LogP contribution is -2.42. The van der Waals surface area contributed by atoms with Crippen LogP contribution < -0.4 is 10.1 Å². The molecule has 116 valence electrons. The highest BCUT2D eigenvalue weighted by Crippen LogP contribution is 2.13. The molecule has 1 unspecified atom stereocenters. The van der Waals surface area contributed by atoms with Gasteiger partial charge >= 0.3 is 0 Å². The van der Waals surface area contributed by atoms with E-state index in [1.54, 1.807) is 6.08 Å². The van der Waals surface area contributed by atoms with E-state index >= 15 is 0 Å². The Balaban J connectivity index is 1.68. The number of piperidine rings is 1. The summed E-state index contributed by atoms with van der Waals surface area (Å²) in [4.78, 5) is 2.60. The third-order valence-electron chi connectivity index (χ3n) is 4.07. The second-order valence-corrected chi connectivity index (χ2v) is 5.82. The van der Waals surface area contributed by atoms with Crippen LogP contribution in [0.1, 0.15) is 31.7 Å². The number of nitrogens with one attached hydrogen (secondary N) is 1. The smallest absolute Gasteiger partial charge is 0.119 e. The number of likely N-dealkylation sites (tertiary alicyclic amines) is 1. The third kappa shape index (κ3) is 5.52. The number of nitrogens with zero attached hydrogens (tertiary/aromatic N) is 1. The van der Waals surface area contributed by atoms with E-state index in [1.807, 2.05) is 12.1 Å². The first kappa shape index (κ1) is 16.1. The van der Waals surface area contributed by atoms with Crippen molar-refractivity contribution < 1.29 is 4.74 Å². The van der Waals surface area contributed by atoms with Crippen LogP contribution in [-0.2, 0) is 6.54 Å². The predicted molar refractivity (Wildman–Crippen MR) is 88.7 cm³/mol. The van der Waals surface area contributed by atoms with Gasteiger partial charge in [-0.05, 0) is 50.6 Å². The van der Waals surface area contributed by atoms with E-state index < -0.39 is 0 Å². The van der Waals surface area contributed by atoms with Crippen LogP contribution in [0.3, 0.4) is 0 Å². The summed E-state index contributed by atoms with van der Waals surface area (Å²) in [6.45, 7) is 11.0. The molecule has 1 heterocycles. The third-order valence-corrected chi connectivity index (χ3v) is 4.07. The van der Waals surface area contributed by atoms with Crippen molar-refractivity contribution in [2.24, 2.45) is 0 Å². The molecular formula is C18H28N2O. The van der Waals surface area contributed by atoms with Crippen molar-refractivity contribution in [1.29, 1.82) is 0 Å². The van der Waals surface area contributed by atoms with Crippen LogP contribution in [0.5, 0.6) is 5.75 Å². The molecule has 1 aromatic carbocycles. The number of benzene rings is 1. The van der Waals surface area contributed by atoms with Gasteiger partial charge in [-0.2, -0.15) is 0 Å². The minimum Gasteiger partial charge on any atom is -0.490 e. The van der Waals surface area contributed by atoms with Gasteiger partial charge in [-0.3, -0.25) is 4.90 Å². The largest absolute Gasteiger partial charge is 0.490 e. The van der Waals surface area contributed by atoms with E-state index in [1.165, 1.54) is 37.9 Å². The molecule has 0 amide bonds. The van der Waals surface area contributed by atoms with E-state index in [-0.39, 0.29) is 0 Å². The van der Waals surface area contributed by atoms with Gasteiger partial charge in [0.05, 0.1) is 0 Å². The Kier molecular flexibility index (Phi) is 6.77. The van der Waals surface area contributed by atoms with E-state index in [9.17, 15) is 0 Å². The van der Waals surface area contributed by atoms with Gasteiger partial charge in [0.15, 0.2) is 0 Å². The number of ether oxygens (including phenoxy) is 1. The van der Waals surface area contributed by atoms with Gasteiger partial charge in [-0.15, -0.1) is 0 Å². The minimum atomic E-state index is 0.560. The maximum Gasteiger partial charge on any atom is 0.119 e. The number of hydrogen-bond acceptors (Lipinski definition) is 3. The summed E-state index contributed by atoms with van der Waals surface area (Å²) in [5.41, 5.74) is 1.30. The molecule has 1 aliphatic heterocycles. The standard InChI is InChI=1S/C18H28N2O/c1-3-13-21-18-9-7-17(8-10-18)15-19-14-16(2)20-11-5-4-6-12-20/h3,7-10,16,19H,1,4-6,11-15H2,2H3.